The van der Waals surface area contributed by atoms with Crippen LogP contribution in [0.15, 0.2) is 45.3 Å². The normalized spacial score (nSPS) is 12.4. The zero-order chi connectivity index (χ0) is 14.7. The van der Waals surface area contributed by atoms with Crippen molar-refractivity contribution < 1.29 is 8.78 Å². The topological polar surface area (TPSA) is 0 Å². The summed E-state index contributed by atoms with van der Waals surface area (Å²) >= 11 is 12.4. The first kappa shape index (κ1) is 15.9. The van der Waals surface area contributed by atoms with Gasteiger partial charge in [0, 0.05) is 21.8 Å². The Hall–Kier alpha value is -0.450. The summed E-state index contributed by atoms with van der Waals surface area (Å²) in [6.07, 6.45) is 0.224. The van der Waals surface area contributed by atoms with E-state index in [9.17, 15) is 8.78 Å². The standard InChI is InChI=1S/C15H11Br2ClF2/c16-11-3-1-9(2-4-11)10(8-18)7-12-14(19)6-5-13(17)15(12)20/h1-6,10H,7-8H2. The SMILES string of the molecule is Fc1ccc(Br)c(F)c1CC(CCl)c1ccc(Br)cc1. The molecule has 0 nitrogen and oxygen atoms in total. The Kier molecular flexibility index (Phi) is 5.58. The fraction of sp³-hybridized carbons (Fsp3) is 0.200. The second-order valence-electron chi connectivity index (χ2n) is 4.43. The van der Waals surface area contributed by atoms with E-state index < -0.39 is 11.6 Å². The summed E-state index contributed by atoms with van der Waals surface area (Å²) in [6.45, 7) is 0. The summed E-state index contributed by atoms with van der Waals surface area (Å²) in [7, 11) is 0. The van der Waals surface area contributed by atoms with Crippen LogP contribution in [-0.4, -0.2) is 5.88 Å². The molecule has 0 bridgehead atoms. The van der Waals surface area contributed by atoms with Crippen molar-refractivity contribution in [1.82, 2.24) is 0 Å². The van der Waals surface area contributed by atoms with Gasteiger partial charge < -0.3 is 0 Å². The predicted octanol–water partition coefficient (Wildman–Crippen LogP) is 6.05. The maximum absolute atomic E-state index is 14.0. The summed E-state index contributed by atoms with van der Waals surface area (Å²) in [4.78, 5) is 0. The molecule has 2 aromatic carbocycles. The molecule has 2 rings (SSSR count). The highest BCUT2D eigenvalue weighted by Crippen LogP contribution is 2.29. The summed E-state index contributed by atoms with van der Waals surface area (Å²) in [5.41, 5.74) is 1.02. The fourth-order valence-electron chi connectivity index (χ4n) is 2.00. The number of hydrogen-bond donors (Lipinski definition) is 0. The van der Waals surface area contributed by atoms with Crippen LogP contribution in [0.1, 0.15) is 17.0 Å². The molecule has 0 saturated carbocycles. The number of benzene rings is 2. The molecule has 0 spiro atoms. The first-order valence-electron chi connectivity index (χ1n) is 5.96. The second-order valence-corrected chi connectivity index (χ2v) is 6.51. The fourth-order valence-corrected chi connectivity index (χ4v) is 2.92. The van der Waals surface area contributed by atoms with Gasteiger partial charge in [0.1, 0.15) is 11.6 Å². The minimum atomic E-state index is -0.558. The maximum atomic E-state index is 14.0. The van der Waals surface area contributed by atoms with E-state index in [-0.39, 0.29) is 22.4 Å². The lowest BCUT2D eigenvalue weighted by Gasteiger charge is -2.16. The quantitative estimate of drug-likeness (QED) is 0.414. The third-order valence-corrected chi connectivity index (χ3v) is 4.63. The molecule has 106 valence electrons. The Bertz CT molecular complexity index is 600. The lowest BCUT2D eigenvalue weighted by molar-refractivity contribution is 0.540. The molecule has 20 heavy (non-hydrogen) atoms. The van der Waals surface area contributed by atoms with E-state index >= 15 is 0 Å². The van der Waals surface area contributed by atoms with Gasteiger partial charge in [-0.25, -0.2) is 8.78 Å². The van der Waals surface area contributed by atoms with Gasteiger partial charge in [0.25, 0.3) is 0 Å². The van der Waals surface area contributed by atoms with Crippen molar-refractivity contribution in [3.05, 3.63) is 68.1 Å². The number of rotatable bonds is 4. The Morgan fingerprint density at radius 1 is 1.00 bits per heavy atom. The molecule has 1 atom stereocenters. The number of alkyl halides is 1. The molecular formula is C15H11Br2ClF2. The molecular weight excluding hydrogens is 413 g/mol. The molecule has 0 fully saturated rings. The van der Waals surface area contributed by atoms with E-state index in [1.807, 2.05) is 24.3 Å². The minimum Gasteiger partial charge on any atom is -0.207 e. The van der Waals surface area contributed by atoms with Gasteiger partial charge in [-0.1, -0.05) is 28.1 Å². The minimum absolute atomic E-state index is 0.0629. The predicted molar refractivity (Wildman–Crippen MR) is 85.4 cm³/mol. The Balaban J connectivity index is 2.31. The molecule has 0 saturated heterocycles. The molecule has 0 aliphatic heterocycles. The van der Waals surface area contributed by atoms with Gasteiger partial charge in [-0.3, -0.25) is 0 Å². The van der Waals surface area contributed by atoms with Crippen molar-refractivity contribution in [2.24, 2.45) is 0 Å². The zero-order valence-electron chi connectivity index (χ0n) is 10.3. The van der Waals surface area contributed by atoms with Crippen LogP contribution in [0.2, 0.25) is 0 Å². The lowest BCUT2D eigenvalue weighted by atomic mass is 9.93. The Labute approximate surface area is 138 Å². The lowest BCUT2D eigenvalue weighted by Crippen LogP contribution is -2.08. The van der Waals surface area contributed by atoms with E-state index in [2.05, 4.69) is 31.9 Å². The van der Waals surface area contributed by atoms with Crippen LogP contribution in [0.3, 0.4) is 0 Å². The van der Waals surface area contributed by atoms with Crippen LogP contribution in [0.25, 0.3) is 0 Å². The third-order valence-electron chi connectivity index (χ3n) is 3.12. The maximum Gasteiger partial charge on any atom is 0.143 e. The molecule has 0 N–H and O–H groups in total. The van der Waals surface area contributed by atoms with Gasteiger partial charge in [0.15, 0.2) is 0 Å². The van der Waals surface area contributed by atoms with E-state index in [0.29, 0.717) is 5.88 Å². The monoisotopic (exact) mass is 422 g/mol. The van der Waals surface area contributed by atoms with Crippen LogP contribution < -0.4 is 0 Å². The Morgan fingerprint density at radius 3 is 2.25 bits per heavy atom. The van der Waals surface area contributed by atoms with Crippen LogP contribution in [0, 0.1) is 11.6 Å². The Morgan fingerprint density at radius 2 is 1.65 bits per heavy atom. The molecule has 0 amide bonds. The van der Waals surface area contributed by atoms with Crippen LogP contribution >= 0.6 is 43.5 Å². The van der Waals surface area contributed by atoms with Crippen LogP contribution in [-0.2, 0) is 6.42 Å². The van der Waals surface area contributed by atoms with Gasteiger partial charge in [-0.2, -0.15) is 0 Å². The van der Waals surface area contributed by atoms with Crippen molar-refractivity contribution in [1.29, 1.82) is 0 Å². The highest BCUT2D eigenvalue weighted by Gasteiger charge is 2.18. The van der Waals surface area contributed by atoms with E-state index in [4.69, 9.17) is 11.6 Å². The summed E-state index contributed by atoms with van der Waals surface area (Å²) in [5.74, 6) is -0.939. The van der Waals surface area contributed by atoms with Crippen molar-refractivity contribution in [3.63, 3.8) is 0 Å². The molecule has 5 heteroatoms. The van der Waals surface area contributed by atoms with E-state index in [1.54, 1.807) is 0 Å². The first-order chi connectivity index (χ1) is 9.52. The summed E-state index contributed by atoms with van der Waals surface area (Å²) in [5, 5.41) is 0. The van der Waals surface area contributed by atoms with Crippen molar-refractivity contribution in [2.75, 3.05) is 5.88 Å². The van der Waals surface area contributed by atoms with Crippen LogP contribution in [0.5, 0.6) is 0 Å². The molecule has 2 aromatic rings. The van der Waals surface area contributed by atoms with Gasteiger partial charge in [0.05, 0.1) is 4.47 Å². The molecule has 0 aromatic heterocycles. The average Bonchev–Trinajstić information content (AvgIpc) is 2.45. The van der Waals surface area contributed by atoms with E-state index in [1.165, 1.54) is 12.1 Å². The summed E-state index contributed by atoms with van der Waals surface area (Å²) < 4.78 is 29.0. The van der Waals surface area contributed by atoms with Gasteiger partial charge >= 0.3 is 0 Å². The van der Waals surface area contributed by atoms with Gasteiger partial charge in [-0.05, 0) is 52.2 Å². The van der Waals surface area contributed by atoms with Gasteiger partial charge in [-0.15, -0.1) is 11.6 Å². The number of halogens is 5. The van der Waals surface area contributed by atoms with Crippen molar-refractivity contribution >= 4 is 43.5 Å². The van der Waals surface area contributed by atoms with Crippen molar-refractivity contribution in [2.45, 2.75) is 12.3 Å². The molecule has 1 unspecified atom stereocenters. The first-order valence-corrected chi connectivity index (χ1v) is 8.08. The zero-order valence-corrected chi connectivity index (χ0v) is 14.3. The smallest absolute Gasteiger partial charge is 0.143 e. The largest absolute Gasteiger partial charge is 0.207 e. The highest BCUT2D eigenvalue weighted by atomic mass is 79.9. The molecule has 0 heterocycles. The third kappa shape index (κ3) is 3.60. The highest BCUT2D eigenvalue weighted by molar-refractivity contribution is 9.10. The second kappa shape index (κ2) is 7.01. The molecule has 0 radical (unpaired) electrons. The molecule has 0 aliphatic carbocycles. The summed E-state index contributed by atoms with van der Waals surface area (Å²) in [6, 6.07) is 10.2. The average molecular weight is 425 g/mol. The van der Waals surface area contributed by atoms with E-state index in [0.717, 1.165) is 10.0 Å². The molecule has 0 aliphatic rings. The van der Waals surface area contributed by atoms with Crippen molar-refractivity contribution in [3.8, 4) is 0 Å². The van der Waals surface area contributed by atoms with Crippen LogP contribution in [0.4, 0.5) is 8.78 Å². The number of hydrogen-bond acceptors (Lipinski definition) is 0. The van der Waals surface area contributed by atoms with Gasteiger partial charge in [0.2, 0.25) is 0 Å².